The maximum Gasteiger partial charge on any atom is 0.257 e. The second kappa shape index (κ2) is 5.58. The maximum absolute atomic E-state index is 12.2. The second-order valence-electron chi connectivity index (χ2n) is 4.91. The minimum Gasteiger partial charge on any atom is -0.298 e. The van der Waals surface area contributed by atoms with Crippen LogP contribution in [0.5, 0.6) is 0 Å². The van der Waals surface area contributed by atoms with Crippen molar-refractivity contribution in [1.29, 1.82) is 0 Å². The first-order chi connectivity index (χ1) is 10.0. The van der Waals surface area contributed by atoms with Gasteiger partial charge in [-0.3, -0.25) is 10.1 Å². The Hall–Kier alpha value is -1.72. The summed E-state index contributed by atoms with van der Waals surface area (Å²) in [6.07, 6.45) is 0. The summed E-state index contributed by atoms with van der Waals surface area (Å²) in [6, 6.07) is 11.4. The Bertz CT molecular complexity index is 824. The minimum atomic E-state index is -0.143. The van der Waals surface area contributed by atoms with Crippen LogP contribution in [0.1, 0.15) is 21.5 Å². The molecule has 0 fully saturated rings. The Balaban J connectivity index is 1.89. The average molecular weight is 361 g/mol. The standard InChI is InChI=1S/C16H13BrN2OS/c1-9-7-10(2)14-13(8-9)18-16(21-14)19-15(20)11-3-5-12(17)6-4-11/h3-8H,1-2H3,(H,18,19,20). The van der Waals surface area contributed by atoms with Crippen LogP contribution in [-0.4, -0.2) is 10.9 Å². The SMILES string of the molecule is Cc1cc(C)c2sc(NC(=O)c3ccc(Br)cc3)nc2c1. The van der Waals surface area contributed by atoms with Crippen molar-refractivity contribution in [2.45, 2.75) is 13.8 Å². The number of carbonyl (C=O) groups excluding carboxylic acids is 1. The fourth-order valence-electron chi connectivity index (χ4n) is 2.20. The lowest BCUT2D eigenvalue weighted by Gasteiger charge is -2.01. The van der Waals surface area contributed by atoms with Gasteiger partial charge in [-0.1, -0.05) is 33.3 Å². The predicted octanol–water partition coefficient (Wildman–Crippen LogP) is 4.93. The monoisotopic (exact) mass is 360 g/mol. The molecule has 0 bridgehead atoms. The van der Waals surface area contributed by atoms with Gasteiger partial charge in [0.15, 0.2) is 5.13 Å². The van der Waals surface area contributed by atoms with E-state index in [9.17, 15) is 4.79 Å². The molecule has 5 heteroatoms. The van der Waals surface area contributed by atoms with E-state index in [1.807, 2.05) is 25.1 Å². The van der Waals surface area contributed by atoms with Crippen molar-refractivity contribution in [3.8, 4) is 0 Å². The second-order valence-corrected chi connectivity index (χ2v) is 6.82. The molecule has 3 rings (SSSR count). The molecule has 0 saturated heterocycles. The Morgan fingerprint density at radius 1 is 1.19 bits per heavy atom. The number of hydrogen-bond donors (Lipinski definition) is 1. The van der Waals surface area contributed by atoms with E-state index in [4.69, 9.17) is 0 Å². The summed E-state index contributed by atoms with van der Waals surface area (Å²) in [4.78, 5) is 16.7. The molecule has 3 aromatic rings. The van der Waals surface area contributed by atoms with Gasteiger partial charge in [0.05, 0.1) is 10.2 Å². The molecule has 0 spiro atoms. The number of hydrogen-bond acceptors (Lipinski definition) is 3. The van der Waals surface area contributed by atoms with Crippen LogP contribution >= 0.6 is 27.3 Å². The summed E-state index contributed by atoms with van der Waals surface area (Å²) < 4.78 is 2.07. The number of benzene rings is 2. The lowest BCUT2D eigenvalue weighted by Crippen LogP contribution is -2.11. The number of nitrogens with zero attached hydrogens (tertiary/aromatic N) is 1. The van der Waals surface area contributed by atoms with E-state index in [2.05, 4.69) is 39.2 Å². The molecule has 1 amide bonds. The zero-order valence-corrected chi connectivity index (χ0v) is 14.0. The highest BCUT2D eigenvalue weighted by Crippen LogP contribution is 2.30. The summed E-state index contributed by atoms with van der Waals surface area (Å²) in [7, 11) is 0. The van der Waals surface area contributed by atoms with Gasteiger partial charge in [-0.2, -0.15) is 0 Å². The van der Waals surface area contributed by atoms with E-state index in [0.29, 0.717) is 10.7 Å². The Labute approximate surface area is 135 Å². The van der Waals surface area contributed by atoms with Gasteiger partial charge in [0.2, 0.25) is 0 Å². The van der Waals surface area contributed by atoms with Gasteiger partial charge in [0, 0.05) is 10.0 Å². The van der Waals surface area contributed by atoms with Gasteiger partial charge >= 0.3 is 0 Å². The molecular weight excluding hydrogens is 348 g/mol. The van der Waals surface area contributed by atoms with Gasteiger partial charge in [-0.15, -0.1) is 0 Å². The molecule has 0 saturated carbocycles. The van der Waals surface area contributed by atoms with Crippen molar-refractivity contribution in [3.05, 3.63) is 57.6 Å². The van der Waals surface area contributed by atoms with E-state index in [1.165, 1.54) is 22.5 Å². The molecule has 1 N–H and O–H groups in total. The van der Waals surface area contributed by atoms with Crippen LogP contribution in [0.15, 0.2) is 40.9 Å². The molecule has 1 heterocycles. The molecule has 2 aromatic carbocycles. The van der Waals surface area contributed by atoms with E-state index in [-0.39, 0.29) is 5.91 Å². The predicted molar refractivity (Wildman–Crippen MR) is 91.2 cm³/mol. The number of anilines is 1. The number of halogens is 1. The summed E-state index contributed by atoms with van der Waals surface area (Å²) >= 11 is 4.86. The number of aromatic nitrogens is 1. The van der Waals surface area contributed by atoms with E-state index >= 15 is 0 Å². The number of rotatable bonds is 2. The van der Waals surface area contributed by atoms with Crippen LogP contribution in [0.2, 0.25) is 0 Å². The van der Waals surface area contributed by atoms with Gasteiger partial charge in [0.25, 0.3) is 5.91 Å². The van der Waals surface area contributed by atoms with Crippen molar-refractivity contribution in [1.82, 2.24) is 4.98 Å². The number of nitrogens with one attached hydrogen (secondary N) is 1. The number of amides is 1. The number of thiazole rings is 1. The van der Waals surface area contributed by atoms with Crippen LogP contribution in [0.3, 0.4) is 0 Å². The van der Waals surface area contributed by atoms with Crippen molar-refractivity contribution < 1.29 is 4.79 Å². The summed E-state index contributed by atoms with van der Waals surface area (Å²) in [5.41, 5.74) is 3.91. The highest BCUT2D eigenvalue weighted by molar-refractivity contribution is 9.10. The van der Waals surface area contributed by atoms with Crippen LogP contribution in [0, 0.1) is 13.8 Å². The fraction of sp³-hybridized carbons (Fsp3) is 0.125. The quantitative estimate of drug-likeness (QED) is 0.703. The number of fused-ring (bicyclic) bond motifs is 1. The van der Waals surface area contributed by atoms with Gasteiger partial charge in [0.1, 0.15) is 0 Å². The third kappa shape index (κ3) is 2.99. The van der Waals surface area contributed by atoms with E-state index in [0.717, 1.165) is 14.7 Å². The Kier molecular flexibility index (Phi) is 3.78. The molecule has 106 valence electrons. The lowest BCUT2D eigenvalue weighted by molar-refractivity contribution is 0.102. The lowest BCUT2D eigenvalue weighted by atomic mass is 10.1. The first-order valence-corrected chi connectivity index (χ1v) is 8.08. The Morgan fingerprint density at radius 3 is 2.62 bits per heavy atom. The highest BCUT2D eigenvalue weighted by atomic mass is 79.9. The summed E-state index contributed by atoms with van der Waals surface area (Å²) in [5.74, 6) is -0.143. The van der Waals surface area contributed by atoms with Crippen LogP contribution in [0.4, 0.5) is 5.13 Å². The van der Waals surface area contributed by atoms with Crippen molar-refractivity contribution in [2.75, 3.05) is 5.32 Å². The van der Waals surface area contributed by atoms with Crippen LogP contribution in [-0.2, 0) is 0 Å². The molecule has 21 heavy (non-hydrogen) atoms. The largest absolute Gasteiger partial charge is 0.298 e. The fourth-order valence-corrected chi connectivity index (χ4v) is 3.38. The third-order valence-electron chi connectivity index (χ3n) is 3.15. The van der Waals surface area contributed by atoms with Gasteiger partial charge < -0.3 is 0 Å². The first-order valence-electron chi connectivity index (χ1n) is 6.47. The number of aryl methyl sites for hydroxylation is 2. The van der Waals surface area contributed by atoms with E-state index < -0.39 is 0 Å². The highest BCUT2D eigenvalue weighted by Gasteiger charge is 2.11. The molecule has 0 radical (unpaired) electrons. The van der Waals surface area contributed by atoms with E-state index in [1.54, 1.807) is 12.1 Å². The molecule has 0 aliphatic rings. The van der Waals surface area contributed by atoms with Crippen molar-refractivity contribution >= 4 is 48.5 Å². The third-order valence-corrected chi connectivity index (χ3v) is 4.80. The summed E-state index contributed by atoms with van der Waals surface area (Å²) in [6.45, 7) is 4.11. The Morgan fingerprint density at radius 2 is 1.90 bits per heavy atom. The zero-order valence-electron chi connectivity index (χ0n) is 11.6. The maximum atomic E-state index is 12.2. The smallest absolute Gasteiger partial charge is 0.257 e. The molecule has 3 nitrogen and oxygen atoms in total. The normalized spacial score (nSPS) is 10.8. The molecule has 0 aliphatic carbocycles. The van der Waals surface area contributed by atoms with Crippen LogP contribution < -0.4 is 5.32 Å². The molecule has 0 aliphatic heterocycles. The van der Waals surface area contributed by atoms with Crippen molar-refractivity contribution in [3.63, 3.8) is 0 Å². The van der Waals surface area contributed by atoms with Gasteiger partial charge in [-0.25, -0.2) is 4.98 Å². The molecule has 0 atom stereocenters. The average Bonchev–Trinajstić information content (AvgIpc) is 2.82. The van der Waals surface area contributed by atoms with Crippen LogP contribution in [0.25, 0.3) is 10.2 Å². The first kappa shape index (κ1) is 14.2. The molecular formula is C16H13BrN2OS. The molecule has 0 unspecified atom stereocenters. The molecule has 1 aromatic heterocycles. The number of carbonyl (C=O) groups is 1. The minimum absolute atomic E-state index is 0.143. The van der Waals surface area contributed by atoms with Gasteiger partial charge in [-0.05, 0) is 55.3 Å². The zero-order chi connectivity index (χ0) is 15.0. The summed E-state index contributed by atoms with van der Waals surface area (Å²) in [5, 5.41) is 3.50. The topological polar surface area (TPSA) is 42.0 Å². The van der Waals surface area contributed by atoms with Crippen molar-refractivity contribution in [2.24, 2.45) is 0 Å².